The van der Waals surface area contributed by atoms with Crippen LogP contribution >= 0.6 is 0 Å². The predicted molar refractivity (Wildman–Crippen MR) is 65.8 cm³/mol. The standard InChI is InChI=1S/C14H14O3/c1-9-8-10(2)13(16)14(12(9)15)17-11-6-4-3-5-7-11/h3-8,15-16H,1-2H3. The van der Waals surface area contributed by atoms with Crippen molar-refractivity contribution < 1.29 is 14.9 Å². The van der Waals surface area contributed by atoms with Gasteiger partial charge in [-0.1, -0.05) is 18.2 Å². The summed E-state index contributed by atoms with van der Waals surface area (Å²) in [7, 11) is 0. The van der Waals surface area contributed by atoms with E-state index in [1.807, 2.05) is 18.2 Å². The Labute approximate surface area is 99.9 Å². The zero-order valence-electron chi connectivity index (χ0n) is 9.77. The van der Waals surface area contributed by atoms with Crippen molar-refractivity contribution in [2.24, 2.45) is 0 Å². The topological polar surface area (TPSA) is 49.7 Å². The molecule has 0 heterocycles. The van der Waals surface area contributed by atoms with Crippen LogP contribution in [0.4, 0.5) is 0 Å². The molecule has 0 radical (unpaired) electrons. The minimum atomic E-state index is -0.0306. The monoisotopic (exact) mass is 230 g/mol. The van der Waals surface area contributed by atoms with E-state index in [1.54, 1.807) is 32.0 Å². The zero-order valence-corrected chi connectivity index (χ0v) is 9.77. The third-order valence-electron chi connectivity index (χ3n) is 2.57. The average Bonchev–Trinajstić information content (AvgIpc) is 2.33. The molecule has 0 spiro atoms. The van der Waals surface area contributed by atoms with E-state index in [0.29, 0.717) is 16.9 Å². The molecule has 0 aromatic heterocycles. The van der Waals surface area contributed by atoms with E-state index in [9.17, 15) is 10.2 Å². The molecule has 0 saturated carbocycles. The molecule has 2 N–H and O–H groups in total. The van der Waals surface area contributed by atoms with E-state index in [1.165, 1.54) is 0 Å². The molecule has 2 rings (SSSR count). The highest BCUT2D eigenvalue weighted by molar-refractivity contribution is 5.58. The second-order valence-electron chi connectivity index (χ2n) is 3.95. The molecule has 0 saturated heterocycles. The van der Waals surface area contributed by atoms with Crippen molar-refractivity contribution in [1.29, 1.82) is 0 Å². The van der Waals surface area contributed by atoms with Gasteiger partial charge in [-0.15, -0.1) is 0 Å². The predicted octanol–water partition coefficient (Wildman–Crippen LogP) is 3.51. The maximum Gasteiger partial charge on any atom is 0.211 e. The van der Waals surface area contributed by atoms with Gasteiger partial charge in [-0.3, -0.25) is 0 Å². The zero-order chi connectivity index (χ0) is 12.4. The summed E-state index contributed by atoms with van der Waals surface area (Å²) in [6, 6.07) is 10.8. The van der Waals surface area contributed by atoms with Crippen LogP contribution in [0.2, 0.25) is 0 Å². The molecule has 2 aromatic carbocycles. The molecule has 3 heteroatoms. The van der Waals surface area contributed by atoms with Crippen molar-refractivity contribution >= 4 is 0 Å². The van der Waals surface area contributed by atoms with Gasteiger partial charge in [-0.2, -0.15) is 0 Å². The van der Waals surface area contributed by atoms with Crippen molar-refractivity contribution in [1.82, 2.24) is 0 Å². The molecule has 0 amide bonds. The Hall–Kier alpha value is -2.16. The van der Waals surface area contributed by atoms with Gasteiger partial charge in [0.15, 0.2) is 11.5 Å². The van der Waals surface area contributed by atoms with Crippen molar-refractivity contribution in [3.63, 3.8) is 0 Å². The number of phenolic OH excluding ortho intramolecular Hbond substituents is 2. The molecule has 0 aliphatic rings. The summed E-state index contributed by atoms with van der Waals surface area (Å²) in [5.74, 6) is 0.616. The first-order valence-corrected chi connectivity index (χ1v) is 5.34. The van der Waals surface area contributed by atoms with Gasteiger partial charge in [-0.05, 0) is 43.2 Å². The Morgan fingerprint density at radius 2 is 1.41 bits per heavy atom. The lowest BCUT2D eigenvalue weighted by Gasteiger charge is -2.13. The Morgan fingerprint density at radius 1 is 0.882 bits per heavy atom. The molecule has 0 aliphatic heterocycles. The first kappa shape index (κ1) is 11.3. The van der Waals surface area contributed by atoms with Crippen molar-refractivity contribution in [3.05, 3.63) is 47.5 Å². The second-order valence-corrected chi connectivity index (χ2v) is 3.95. The van der Waals surface area contributed by atoms with Crippen molar-refractivity contribution in [2.75, 3.05) is 0 Å². The lowest BCUT2D eigenvalue weighted by atomic mass is 10.1. The number of ether oxygens (including phenoxy) is 1. The number of para-hydroxylation sites is 1. The Bertz CT molecular complexity index is 507. The first-order chi connectivity index (χ1) is 8.09. The molecule has 0 aliphatic carbocycles. The van der Waals surface area contributed by atoms with Crippen LogP contribution in [-0.2, 0) is 0 Å². The Balaban J connectivity index is 2.46. The third-order valence-corrected chi connectivity index (χ3v) is 2.57. The molecular weight excluding hydrogens is 216 g/mol. The molecule has 88 valence electrons. The quantitative estimate of drug-likeness (QED) is 0.830. The Kier molecular flexibility index (Phi) is 2.91. The van der Waals surface area contributed by atoms with Crippen molar-refractivity contribution in [2.45, 2.75) is 13.8 Å². The van der Waals surface area contributed by atoms with E-state index < -0.39 is 0 Å². The van der Waals surface area contributed by atoms with Gasteiger partial charge >= 0.3 is 0 Å². The van der Waals surface area contributed by atoms with E-state index in [2.05, 4.69) is 0 Å². The molecule has 3 nitrogen and oxygen atoms in total. The number of aryl methyl sites for hydroxylation is 2. The number of benzene rings is 2. The van der Waals surface area contributed by atoms with Crippen LogP contribution in [0.15, 0.2) is 36.4 Å². The van der Waals surface area contributed by atoms with E-state index in [4.69, 9.17) is 4.74 Å². The van der Waals surface area contributed by atoms with Gasteiger partial charge in [0, 0.05) is 0 Å². The number of aromatic hydroxyl groups is 2. The summed E-state index contributed by atoms with van der Waals surface area (Å²) in [4.78, 5) is 0. The van der Waals surface area contributed by atoms with Crippen LogP contribution < -0.4 is 4.74 Å². The van der Waals surface area contributed by atoms with Crippen LogP contribution in [0, 0.1) is 13.8 Å². The van der Waals surface area contributed by atoms with Gasteiger partial charge in [0.05, 0.1) is 0 Å². The molecule has 2 aromatic rings. The van der Waals surface area contributed by atoms with Crippen LogP contribution in [0.25, 0.3) is 0 Å². The largest absolute Gasteiger partial charge is 0.504 e. The van der Waals surface area contributed by atoms with Gasteiger partial charge in [-0.25, -0.2) is 0 Å². The normalized spacial score (nSPS) is 10.2. The second kappa shape index (κ2) is 4.37. The maximum absolute atomic E-state index is 9.88. The van der Waals surface area contributed by atoms with Crippen LogP contribution in [0.5, 0.6) is 23.0 Å². The van der Waals surface area contributed by atoms with E-state index >= 15 is 0 Å². The fourth-order valence-corrected chi connectivity index (χ4v) is 1.63. The number of rotatable bonds is 2. The molecule has 17 heavy (non-hydrogen) atoms. The maximum atomic E-state index is 9.88. The summed E-state index contributed by atoms with van der Waals surface area (Å²) in [6.45, 7) is 3.53. The number of hydrogen-bond acceptors (Lipinski definition) is 3. The lowest BCUT2D eigenvalue weighted by Crippen LogP contribution is -1.89. The summed E-state index contributed by atoms with van der Waals surface area (Å²) in [5.41, 5.74) is 1.34. The van der Waals surface area contributed by atoms with Crippen molar-refractivity contribution in [3.8, 4) is 23.0 Å². The minimum Gasteiger partial charge on any atom is -0.504 e. The van der Waals surface area contributed by atoms with E-state index in [0.717, 1.165) is 0 Å². The van der Waals surface area contributed by atoms with Crippen LogP contribution in [-0.4, -0.2) is 10.2 Å². The number of phenols is 2. The smallest absolute Gasteiger partial charge is 0.211 e. The van der Waals surface area contributed by atoms with Gasteiger partial charge in [0.1, 0.15) is 5.75 Å². The fourth-order valence-electron chi connectivity index (χ4n) is 1.63. The van der Waals surface area contributed by atoms with Crippen LogP contribution in [0.3, 0.4) is 0 Å². The molecule has 0 fully saturated rings. The van der Waals surface area contributed by atoms with Gasteiger partial charge < -0.3 is 14.9 Å². The van der Waals surface area contributed by atoms with Gasteiger partial charge in [0.25, 0.3) is 0 Å². The van der Waals surface area contributed by atoms with E-state index in [-0.39, 0.29) is 17.2 Å². The summed E-state index contributed by atoms with van der Waals surface area (Å²) >= 11 is 0. The highest BCUT2D eigenvalue weighted by Crippen LogP contribution is 2.43. The fraction of sp³-hybridized carbons (Fsp3) is 0.143. The SMILES string of the molecule is Cc1cc(C)c(O)c(Oc2ccccc2)c1O. The summed E-state index contributed by atoms with van der Waals surface area (Å²) in [5, 5.41) is 19.8. The first-order valence-electron chi connectivity index (χ1n) is 5.34. The molecule has 0 atom stereocenters. The molecule has 0 unspecified atom stereocenters. The summed E-state index contributed by atoms with van der Waals surface area (Å²) in [6.07, 6.45) is 0. The third kappa shape index (κ3) is 2.18. The van der Waals surface area contributed by atoms with Crippen LogP contribution in [0.1, 0.15) is 11.1 Å². The Morgan fingerprint density at radius 3 is 1.94 bits per heavy atom. The highest BCUT2D eigenvalue weighted by Gasteiger charge is 2.15. The summed E-state index contributed by atoms with van der Waals surface area (Å²) < 4.78 is 5.50. The average molecular weight is 230 g/mol. The molecular formula is C14H14O3. The lowest BCUT2D eigenvalue weighted by molar-refractivity contribution is 0.372. The van der Waals surface area contributed by atoms with Gasteiger partial charge in [0.2, 0.25) is 5.75 Å². The minimum absolute atomic E-state index is 0.0306. The highest BCUT2D eigenvalue weighted by atomic mass is 16.5. The number of hydrogen-bond donors (Lipinski definition) is 2. The molecule has 0 bridgehead atoms.